The molecule has 0 heterocycles. The molecule has 1 N–H and O–H groups in total. The van der Waals surface area contributed by atoms with E-state index in [1.54, 1.807) is 0 Å². The molecule has 2 nitrogen and oxygen atoms in total. The molecule has 0 aromatic heterocycles. The first-order valence-corrected chi connectivity index (χ1v) is 5.47. The van der Waals surface area contributed by atoms with Gasteiger partial charge >= 0.3 is 0 Å². The Labute approximate surface area is 84.0 Å². The summed E-state index contributed by atoms with van der Waals surface area (Å²) < 4.78 is 0. The highest BCUT2D eigenvalue weighted by Gasteiger charge is 2.68. The van der Waals surface area contributed by atoms with Crippen molar-refractivity contribution in [1.29, 1.82) is 0 Å². The van der Waals surface area contributed by atoms with Gasteiger partial charge in [-0.3, -0.25) is 4.79 Å². The van der Waals surface area contributed by atoms with Gasteiger partial charge in [0.1, 0.15) is 5.78 Å². The molecular formula is C12H16O2. The number of carbonyl (C=O) groups excluding carboxylic acids is 1. The van der Waals surface area contributed by atoms with Crippen LogP contribution in [-0.2, 0) is 4.79 Å². The highest BCUT2D eigenvalue weighted by Crippen LogP contribution is 2.64. The van der Waals surface area contributed by atoms with Crippen molar-refractivity contribution in [3.63, 3.8) is 0 Å². The van der Waals surface area contributed by atoms with Gasteiger partial charge in [0.2, 0.25) is 0 Å². The Hall–Kier alpha value is -0.630. The second-order valence-corrected chi connectivity index (χ2v) is 5.30. The Morgan fingerprint density at radius 1 is 1.57 bits per heavy atom. The van der Waals surface area contributed by atoms with E-state index in [0.29, 0.717) is 11.7 Å². The molecule has 2 heteroatoms. The lowest BCUT2D eigenvalue weighted by Crippen LogP contribution is -2.42. The smallest absolute Gasteiger partial charge is 0.143 e. The second kappa shape index (κ2) is 2.30. The fourth-order valence-electron chi connectivity index (χ4n) is 4.02. The maximum absolute atomic E-state index is 12.2. The number of rotatable bonds is 0. The van der Waals surface area contributed by atoms with Gasteiger partial charge in [0.25, 0.3) is 0 Å². The fourth-order valence-corrected chi connectivity index (χ4v) is 4.02. The quantitative estimate of drug-likeness (QED) is 0.589. The van der Waals surface area contributed by atoms with E-state index in [2.05, 4.69) is 12.2 Å². The molecule has 3 aliphatic rings. The van der Waals surface area contributed by atoms with E-state index in [4.69, 9.17) is 0 Å². The van der Waals surface area contributed by atoms with Gasteiger partial charge in [0.15, 0.2) is 0 Å². The van der Waals surface area contributed by atoms with E-state index in [-0.39, 0.29) is 29.3 Å². The SMILES string of the molecule is C[C@H]1[C@H](O)[C@H]2C3CC=CC2[C@@]1(C)C3=O. The molecule has 4 bridgehead atoms. The summed E-state index contributed by atoms with van der Waals surface area (Å²) in [6.07, 6.45) is 4.87. The Morgan fingerprint density at radius 3 is 2.93 bits per heavy atom. The third-order valence-electron chi connectivity index (χ3n) is 5.03. The number of allylic oxidation sites excluding steroid dienone is 2. The number of Topliss-reactive ketones (excluding diaryl/α,β-unsaturated/α-hetero) is 1. The molecule has 0 spiro atoms. The Morgan fingerprint density at radius 2 is 2.29 bits per heavy atom. The van der Waals surface area contributed by atoms with Crippen molar-refractivity contribution in [1.82, 2.24) is 0 Å². The monoisotopic (exact) mass is 192 g/mol. The largest absolute Gasteiger partial charge is 0.392 e. The highest BCUT2D eigenvalue weighted by atomic mass is 16.3. The topological polar surface area (TPSA) is 37.3 Å². The molecule has 76 valence electrons. The number of aliphatic hydroxyl groups is 1. The van der Waals surface area contributed by atoms with Crippen LogP contribution in [0, 0.1) is 29.1 Å². The summed E-state index contributed by atoms with van der Waals surface area (Å²) in [5, 5.41) is 10.1. The zero-order valence-electron chi connectivity index (χ0n) is 8.60. The molecule has 2 fully saturated rings. The molecule has 3 rings (SSSR count). The average Bonchev–Trinajstić information content (AvgIpc) is 2.46. The summed E-state index contributed by atoms with van der Waals surface area (Å²) in [5.74, 6) is 1.16. The van der Waals surface area contributed by atoms with Crippen LogP contribution in [0.2, 0.25) is 0 Å². The minimum absolute atomic E-state index is 0.112. The van der Waals surface area contributed by atoms with Crippen molar-refractivity contribution in [3.8, 4) is 0 Å². The van der Waals surface area contributed by atoms with E-state index >= 15 is 0 Å². The van der Waals surface area contributed by atoms with Crippen molar-refractivity contribution in [3.05, 3.63) is 12.2 Å². The molecule has 3 aliphatic carbocycles. The van der Waals surface area contributed by atoms with E-state index in [0.717, 1.165) is 6.42 Å². The highest BCUT2D eigenvalue weighted by molar-refractivity contribution is 5.92. The molecule has 0 aromatic rings. The van der Waals surface area contributed by atoms with E-state index in [1.807, 2.05) is 13.8 Å². The minimum Gasteiger partial charge on any atom is -0.392 e. The van der Waals surface area contributed by atoms with Gasteiger partial charge in [-0.25, -0.2) is 0 Å². The summed E-state index contributed by atoms with van der Waals surface area (Å²) in [4.78, 5) is 12.2. The van der Waals surface area contributed by atoms with Crippen molar-refractivity contribution in [2.75, 3.05) is 0 Å². The van der Waals surface area contributed by atoms with Gasteiger partial charge in [-0.2, -0.15) is 0 Å². The summed E-state index contributed by atoms with van der Waals surface area (Å²) in [6.45, 7) is 4.06. The zero-order chi connectivity index (χ0) is 10.1. The van der Waals surface area contributed by atoms with Crippen molar-refractivity contribution >= 4 is 5.78 Å². The number of hydrogen-bond donors (Lipinski definition) is 1. The van der Waals surface area contributed by atoms with E-state index in [9.17, 15) is 9.90 Å². The summed E-state index contributed by atoms with van der Waals surface area (Å²) in [7, 11) is 0. The Balaban J connectivity index is 2.18. The predicted octanol–water partition coefficient (Wildman–Crippen LogP) is 1.39. The maximum Gasteiger partial charge on any atom is 0.143 e. The van der Waals surface area contributed by atoms with Gasteiger partial charge in [0, 0.05) is 17.3 Å². The zero-order valence-corrected chi connectivity index (χ0v) is 8.60. The van der Waals surface area contributed by atoms with Crippen LogP contribution in [0.25, 0.3) is 0 Å². The predicted molar refractivity (Wildman–Crippen MR) is 52.5 cm³/mol. The lowest BCUT2D eigenvalue weighted by atomic mass is 9.71. The molecule has 2 saturated carbocycles. The molecule has 0 aliphatic heterocycles. The maximum atomic E-state index is 12.2. The van der Waals surface area contributed by atoms with Crippen molar-refractivity contribution < 1.29 is 9.90 Å². The normalized spacial score (nSPS) is 59.6. The Kier molecular flexibility index (Phi) is 1.42. The van der Waals surface area contributed by atoms with Crippen LogP contribution in [0.3, 0.4) is 0 Å². The number of carbonyl (C=O) groups is 1. The van der Waals surface area contributed by atoms with Crippen LogP contribution >= 0.6 is 0 Å². The van der Waals surface area contributed by atoms with Crippen molar-refractivity contribution in [2.24, 2.45) is 29.1 Å². The standard InChI is InChI=1S/C12H16O2/c1-6-10(13)9-7-4-3-5-8(9)12(6,2)11(7)14/h3,5-10,13H,4H2,1-2H3/t6-,7?,8?,9-,10-,12-/m0/s1. The van der Waals surface area contributed by atoms with Crippen LogP contribution in [-0.4, -0.2) is 17.0 Å². The number of ketones is 1. The summed E-state index contributed by atoms with van der Waals surface area (Å²) >= 11 is 0. The lowest BCUT2D eigenvalue weighted by Gasteiger charge is -2.34. The summed E-state index contributed by atoms with van der Waals surface area (Å²) in [6, 6.07) is 0. The fraction of sp³-hybridized carbons (Fsp3) is 0.750. The van der Waals surface area contributed by atoms with Gasteiger partial charge in [0.05, 0.1) is 6.10 Å². The molecule has 14 heavy (non-hydrogen) atoms. The first kappa shape index (κ1) is 8.66. The van der Waals surface area contributed by atoms with Crippen LogP contribution in [0.4, 0.5) is 0 Å². The molecule has 0 aromatic carbocycles. The van der Waals surface area contributed by atoms with Gasteiger partial charge in [-0.15, -0.1) is 0 Å². The lowest BCUT2D eigenvalue weighted by molar-refractivity contribution is -0.137. The molecule has 0 saturated heterocycles. The first-order valence-electron chi connectivity index (χ1n) is 5.47. The van der Waals surface area contributed by atoms with Crippen molar-refractivity contribution in [2.45, 2.75) is 26.4 Å². The first-order chi connectivity index (χ1) is 6.58. The van der Waals surface area contributed by atoms with Crippen LogP contribution in [0.15, 0.2) is 12.2 Å². The van der Waals surface area contributed by atoms with Crippen LogP contribution < -0.4 is 0 Å². The second-order valence-electron chi connectivity index (χ2n) is 5.30. The minimum atomic E-state index is -0.276. The number of hydrogen-bond acceptors (Lipinski definition) is 2. The number of aliphatic hydroxyl groups excluding tert-OH is 1. The van der Waals surface area contributed by atoms with Gasteiger partial charge in [-0.05, 0) is 18.3 Å². The third kappa shape index (κ3) is 0.650. The molecule has 0 amide bonds. The van der Waals surface area contributed by atoms with E-state index in [1.165, 1.54) is 0 Å². The Bertz CT molecular complexity index is 333. The molecule has 2 unspecified atom stereocenters. The van der Waals surface area contributed by atoms with Gasteiger partial charge < -0.3 is 5.11 Å². The molecule has 0 radical (unpaired) electrons. The average molecular weight is 192 g/mol. The van der Waals surface area contributed by atoms with Crippen LogP contribution in [0.1, 0.15) is 20.3 Å². The molecule has 6 atom stereocenters. The summed E-state index contributed by atoms with van der Waals surface area (Å²) in [5.41, 5.74) is -0.276. The van der Waals surface area contributed by atoms with Crippen LogP contribution in [0.5, 0.6) is 0 Å². The molecular weight excluding hydrogens is 176 g/mol. The van der Waals surface area contributed by atoms with Gasteiger partial charge in [-0.1, -0.05) is 26.0 Å². The third-order valence-corrected chi connectivity index (χ3v) is 5.03. The van der Waals surface area contributed by atoms with E-state index < -0.39 is 0 Å².